The van der Waals surface area contributed by atoms with Crippen LogP contribution in [-0.2, 0) is 39.2 Å². The second kappa shape index (κ2) is 10.9. The van der Waals surface area contributed by atoms with Crippen LogP contribution in [0.25, 0.3) is 0 Å². The zero-order valence-corrected chi connectivity index (χ0v) is 29.1. The number of urea groups is 1. The molecule has 2 aromatic rings. The third-order valence-electron chi connectivity index (χ3n) is 8.60. The molecule has 1 spiro atoms. The predicted octanol–water partition coefficient (Wildman–Crippen LogP) is 5.22. The number of piperidine rings is 1. The van der Waals surface area contributed by atoms with E-state index in [-0.39, 0.29) is 27.5 Å². The molecule has 199 valence electrons. The molecule has 3 aliphatic heterocycles. The van der Waals surface area contributed by atoms with Crippen LogP contribution >= 0.6 is 0 Å². The van der Waals surface area contributed by atoms with Crippen LogP contribution in [0.4, 0.5) is 4.79 Å². The van der Waals surface area contributed by atoms with Crippen molar-refractivity contribution in [2.75, 3.05) is 33.4 Å². The fourth-order valence-corrected chi connectivity index (χ4v) is 7.96. The van der Waals surface area contributed by atoms with Crippen LogP contribution in [0.5, 0.6) is 5.75 Å². The Morgan fingerprint density at radius 2 is 1.74 bits per heavy atom. The van der Waals surface area contributed by atoms with Gasteiger partial charge in [-0.1, -0.05) is 0 Å². The molecular weight excluding hydrogens is 663 g/mol. The van der Waals surface area contributed by atoms with Crippen LogP contribution in [0.1, 0.15) is 59.1 Å². The van der Waals surface area contributed by atoms with Crippen molar-refractivity contribution in [3.05, 3.63) is 75.5 Å². The Morgan fingerprint density at radius 3 is 2.37 bits per heavy atom. The van der Waals surface area contributed by atoms with E-state index in [0.717, 1.165) is 49.5 Å². The Kier molecular flexibility index (Phi) is 7.96. The number of allylic oxidation sites excluding steroid dienone is 1. The zero-order chi connectivity index (χ0) is 27.2. The fraction of sp³-hybridized carbons (Fsp3) is 0.516. The average Bonchev–Trinajstić information content (AvgIpc) is 2.97. The molecule has 0 saturated carbocycles. The molecule has 2 atom stereocenters. The number of methoxy groups -OCH3 is 1. The van der Waals surface area contributed by atoms with E-state index in [1.807, 2.05) is 4.90 Å². The summed E-state index contributed by atoms with van der Waals surface area (Å²) in [4.78, 5) is 20.9. The van der Waals surface area contributed by atoms with Crippen molar-refractivity contribution in [3.8, 4) is 5.75 Å². The molecule has 2 amide bonds. The Morgan fingerprint density at radius 1 is 1.08 bits per heavy atom. The number of amides is 2. The second-order valence-corrected chi connectivity index (χ2v) is 16.2. The van der Waals surface area contributed by atoms with Crippen LogP contribution < -0.4 is 4.74 Å². The van der Waals surface area contributed by atoms with Crippen LogP contribution in [0.15, 0.2) is 42.1 Å². The minimum absolute atomic E-state index is 0.100. The maximum atomic E-state index is 14.1. The Balaban J connectivity index is 1.49. The van der Waals surface area contributed by atoms with Crippen molar-refractivity contribution in [2.24, 2.45) is 0 Å². The van der Waals surface area contributed by atoms with Gasteiger partial charge in [-0.05, 0) is 0 Å². The van der Waals surface area contributed by atoms with Gasteiger partial charge in [0.25, 0.3) is 0 Å². The third-order valence-corrected chi connectivity index (χ3v) is 10.6. The van der Waals surface area contributed by atoms with Gasteiger partial charge in [-0.2, -0.15) is 0 Å². The Labute approximate surface area is 243 Å². The number of ether oxygens (including phenoxy) is 1. The monoisotopic (exact) mass is 704 g/mol. The number of nitrogens with zero attached hydrogens (tertiary/aromatic N) is 3. The Hall–Kier alpha value is -1.89. The summed E-state index contributed by atoms with van der Waals surface area (Å²) < 4.78 is 6.03. The molecule has 2 aromatic carbocycles. The van der Waals surface area contributed by atoms with E-state index < -0.39 is 0 Å². The summed E-state index contributed by atoms with van der Waals surface area (Å²) in [6, 6.07) is 11.2. The molecule has 0 aromatic heterocycles. The van der Waals surface area contributed by atoms with E-state index in [9.17, 15) is 9.90 Å². The van der Waals surface area contributed by atoms with Crippen molar-refractivity contribution >= 4 is 6.03 Å². The molecule has 3 aliphatic rings. The summed E-state index contributed by atoms with van der Waals surface area (Å²) in [6.45, 7) is 12.9. The van der Waals surface area contributed by atoms with Gasteiger partial charge in [-0.3, -0.25) is 0 Å². The summed E-state index contributed by atoms with van der Waals surface area (Å²) in [7, 11) is 1.74. The molecule has 7 heteroatoms. The normalized spacial score (nSPS) is 21.7. The molecule has 3 heterocycles. The Bertz CT molecular complexity index is 1230. The van der Waals surface area contributed by atoms with Crippen molar-refractivity contribution in [1.29, 1.82) is 0 Å². The standard InChI is InChI=1S/C31H40N3O3.Hg/c1-21-13-22(2)15-25(14-21)19-32-10-7-31(8-11-32)28-18-24(4)29-26(16-23(3)17-27(29)37-5)20-33(28)30(36)34(31)9-6-12-35;/h6,13-18,24,35H,7-12,19-20H2,1-5H3;. The number of carbonyl (C=O) groups excluding carboxylic acids is 1. The van der Waals surface area contributed by atoms with Gasteiger partial charge >= 0.3 is 245 Å². The van der Waals surface area contributed by atoms with Crippen molar-refractivity contribution in [3.63, 3.8) is 0 Å². The summed E-state index contributed by atoms with van der Waals surface area (Å²) in [6.07, 6.45) is 4.17. The van der Waals surface area contributed by atoms with Gasteiger partial charge in [-0.25, -0.2) is 0 Å². The molecular formula is C31H40HgN3O3. The van der Waals surface area contributed by atoms with Gasteiger partial charge in [-0.15, -0.1) is 0 Å². The van der Waals surface area contributed by atoms with Gasteiger partial charge in [0.1, 0.15) is 0 Å². The number of aliphatic hydroxyl groups is 1. The van der Waals surface area contributed by atoms with E-state index in [1.165, 1.54) is 27.8 Å². The van der Waals surface area contributed by atoms with Crippen molar-refractivity contribution < 1.29 is 40.8 Å². The van der Waals surface area contributed by atoms with E-state index in [2.05, 4.69) is 73.9 Å². The number of aliphatic hydroxyl groups excluding tert-OH is 1. The number of benzene rings is 2. The number of rotatable bonds is 6. The molecule has 2 unspecified atom stereocenters. The maximum absolute atomic E-state index is 14.1. The zero-order valence-electron chi connectivity index (χ0n) is 23.6. The van der Waals surface area contributed by atoms with Crippen molar-refractivity contribution in [1.82, 2.24) is 14.7 Å². The summed E-state index contributed by atoms with van der Waals surface area (Å²) >= 11 is 0.392. The molecule has 2 saturated heterocycles. The first kappa shape index (κ1) is 27.7. The van der Waals surface area contributed by atoms with E-state index in [0.29, 0.717) is 39.2 Å². The van der Waals surface area contributed by atoms with E-state index in [4.69, 9.17) is 4.74 Å². The minimum atomic E-state index is -0.318. The molecule has 5 rings (SSSR count). The van der Waals surface area contributed by atoms with Crippen LogP contribution in [0, 0.1) is 20.8 Å². The molecule has 0 aliphatic carbocycles. The number of hydrogen-bond acceptors (Lipinski definition) is 4. The first-order valence-electron chi connectivity index (χ1n) is 13.9. The molecule has 38 heavy (non-hydrogen) atoms. The van der Waals surface area contributed by atoms with Crippen LogP contribution in [0.3, 0.4) is 0 Å². The molecule has 2 fully saturated rings. The quantitative estimate of drug-likeness (QED) is 0.420. The first-order valence-corrected chi connectivity index (χ1v) is 17.0. The SMILES string of the molecule is COc1cc(C)cc2c1C(C)C=C1N(C2)C(=O)N(C[CH]([Hg])CO)C12CCN(Cc1cc(C)cc(C)c1)CC2. The first-order chi connectivity index (χ1) is 18.1. The molecule has 0 radical (unpaired) electrons. The number of hydrogen-bond donors (Lipinski definition) is 1. The average molecular weight is 703 g/mol. The summed E-state index contributed by atoms with van der Waals surface area (Å²) in [5.41, 5.74) is 8.34. The van der Waals surface area contributed by atoms with Crippen LogP contribution in [0.2, 0.25) is 3.43 Å². The van der Waals surface area contributed by atoms with Crippen LogP contribution in [-0.4, -0.2) is 64.7 Å². The predicted molar refractivity (Wildman–Crippen MR) is 146 cm³/mol. The third kappa shape index (κ3) is 5.04. The number of aryl methyl sites for hydroxylation is 3. The number of fused-ring (bicyclic) bond motifs is 3. The van der Waals surface area contributed by atoms with Gasteiger partial charge in [0.05, 0.1) is 0 Å². The summed E-state index contributed by atoms with van der Waals surface area (Å²) in [5.74, 6) is 1.06. The number of carbonyl (C=O) groups is 1. The molecule has 0 bridgehead atoms. The molecule has 6 nitrogen and oxygen atoms in total. The summed E-state index contributed by atoms with van der Waals surface area (Å²) in [5, 5.41) is 9.94. The molecule has 1 N–H and O–H groups in total. The van der Waals surface area contributed by atoms with Gasteiger partial charge in [0.15, 0.2) is 0 Å². The van der Waals surface area contributed by atoms with E-state index >= 15 is 0 Å². The van der Waals surface area contributed by atoms with Gasteiger partial charge in [0, 0.05) is 0 Å². The van der Waals surface area contributed by atoms with Gasteiger partial charge in [0.2, 0.25) is 0 Å². The van der Waals surface area contributed by atoms with Crippen molar-refractivity contribution in [2.45, 2.75) is 68.5 Å². The topological polar surface area (TPSA) is 56.3 Å². The second-order valence-electron chi connectivity index (χ2n) is 11.7. The fourth-order valence-electron chi connectivity index (χ4n) is 6.96. The van der Waals surface area contributed by atoms with Gasteiger partial charge < -0.3 is 0 Å². The number of likely N-dealkylation sites (tertiary alicyclic amines) is 1. The van der Waals surface area contributed by atoms with E-state index in [1.54, 1.807) is 7.11 Å².